The molecule has 0 aliphatic rings. The van der Waals surface area contributed by atoms with E-state index in [1.807, 2.05) is 25.1 Å². The molecular weight excluding hydrogens is 282 g/mol. The van der Waals surface area contributed by atoms with E-state index in [-0.39, 0.29) is 5.91 Å². The lowest BCUT2D eigenvalue weighted by Gasteiger charge is -2.08. The van der Waals surface area contributed by atoms with Crippen molar-refractivity contribution in [1.82, 2.24) is 10.1 Å². The van der Waals surface area contributed by atoms with Gasteiger partial charge in [-0.15, -0.1) is 0 Å². The SMILES string of the molecule is Cc1cc(NC(=O)c2ccccc2)cc(-c2noc(=O)[nH]2)c1. The van der Waals surface area contributed by atoms with Crippen LogP contribution in [0.1, 0.15) is 15.9 Å². The van der Waals surface area contributed by atoms with E-state index in [4.69, 9.17) is 0 Å². The molecule has 0 fully saturated rings. The van der Waals surface area contributed by atoms with Crippen molar-refractivity contribution in [3.63, 3.8) is 0 Å². The number of aromatic nitrogens is 2. The van der Waals surface area contributed by atoms with Gasteiger partial charge in [-0.1, -0.05) is 23.4 Å². The van der Waals surface area contributed by atoms with E-state index in [9.17, 15) is 9.59 Å². The first kappa shape index (κ1) is 13.8. The van der Waals surface area contributed by atoms with Crippen molar-refractivity contribution in [2.45, 2.75) is 6.92 Å². The number of benzene rings is 2. The van der Waals surface area contributed by atoms with Crippen molar-refractivity contribution in [3.8, 4) is 11.4 Å². The van der Waals surface area contributed by atoms with E-state index in [0.29, 0.717) is 22.6 Å². The third kappa shape index (κ3) is 2.95. The van der Waals surface area contributed by atoms with Crippen LogP contribution >= 0.6 is 0 Å². The fraction of sp³-hybridized carbons (Fsp3) is 0.0625. The first-order chi connectivity index (χ1) is 10.6. The molecule has 0 bridgehead atoms. The highest BCUT2D eigenvalue weighted by Crippen LogP contribution is 2.21. The maximum absolute atomic E-state index is 12.2. The van der Waals surface area contributed by atoms with E-state index in [1.165, 1.54) is 0 Å². The number of nitrogens with zero attached hydrogens (tertiary/aromatic N) is 1. The van der Waals surface area contributed by atoms with Crippen LogP contribution in [0.15, 0.2) is 57.8 Å². The second kappa shape index (κ2) is 5.69. The lowest BCUT2D eigenvalue weighted by Crippen LogP contribution is -2.11. The van der Waals surface area contributed by atoms with Crippen molar-refractivity contribution >= 4 is 11.6 Å². The first-order valence-electron chi connectivity index (χ1n) is 6.66. The molecule has 0 unspecified atom stereocenters. The van der Waals surface area contributed by atoms with Crippen LogP contribution in [-0.2, 0) is 0 Å². The molecule has 6 heteroatoms. The number of amides is 1. The van der Waals surface area contributed by atoms with Gasteiger partial charge in [0.15, 0.2) is 5.82 Å². The molecule has 110 valence electrons. The summed E-state index contributed by atoms with van der Waals surface area (Å²) in [6.07, 6.45) is 0. The third-order valence-corrected chi connectivity index (χ3v) is 3.08. The van der Waals surface area contributed by atoms with Gasteiger partial charge < -0.3 is 5.32 Å². The number of carbonyl (C=O) groups is 1. The van der Waals surface area contributed by atoms with Crippen molar-refractivity contribution in [2.24, 2.45) is 0 Å². The second-order valence-electron chi connectivity index (χ2n) is 4.85. The summed E-state index contributed by atoms with van der Waals surface area (Å²) in [7, 11) is 0. The summed E-state index contributed by atoms with van der Waals surface area (Å²) >= 11 is 0. The number of hydrogen-bond donors (Lipinski definition) is 2. The largest absolute Gasteiger partial charge is 0.439 e. The normalized spacial score (nSPS) is 10.4. The zero-order chi connectivity index (χ0) is 15.5. The molecule has 0 radical (unpaired) electrons. The molecule has 22 heavy (non-hydrogen) atoms. The van der Waals surface area contributed by atoms with Gasteiger partial charge in [0.25, 0.3) is 5.91 Å². The molecule has 0 aliphatic carbocycles. The fourth-order valence-electron chi connectivity index (χ4n) is 2.14. The summed E-state index contributed by atoms with van der Waals surface area (Å²) < 4.78 is 4.50. The Morgan fingerprint density at radius 1 is 1.18 bits per heavy atom. The predicted molar refractivity (Wildman–Crippen MR) is 81.7 cm³/mol. The molecule has 0 aliphatic heterocycles. The van der Waals surface area contributed by atoms with Crippen LogP contribution in [0.2, 0.25) is 0 Å². The number of anilines is 1. The highest BCUT2D eigenvalue weighted by atomic mass is 16.5. The predicted octanol–water partition coefficient (Wildman–Crippen LogP) is 2.59. The lowest BCUT2D eigenvalue weighted by molar-refractivity contribution is 0.102. The molecule has 0 atom stereocenters. The van der Waals surface area contributed by atoms with Crippen molar-refractivity contribution in [2.75, 3.05) is 5.32 Å². The fourth-order valence-corrected chi connectivity index (χ4v) is 2.14. The van der Waals surface area contributed by atoms with Crippen LogP contribution in [0.3, 0.4) is 0 Å². The first-order valence-corrected chi connectivity index (χ1v) is 6.66. The number of hydrogen-bond acceptors (Lipinski definition) is 4. The van der Waals surface area contributed by atoms with Gasteiger partial charge in [-0.2, -0.15) is 0 Å². The quantitative estimate of drug-likeness (QED) is 0.777. The Labute approximate surface area is 125 Å². The molecule has 1 amide bonds. The van der Waals surface area contributed by atoms with Crippen LogP contribution in [0.4, 0.5) is 5.69 Å². The zero-order valence-corrected chi connectivity index (χ0v) is 11.8. The molecule has 1 aromatic heterocycles. The molecule has 3 aromatic rings. The monoisotopic (exact) mass is 295 g/mol. The summed E-state index contributed by atoms with van der Waals surface area (Å²) in [4.78, 5) is 25.7. The molecule has 6 nitrogen and oxygen atoms in total. The summed E-state index contributed by atoms with van der Waals surface area (Å²) in [6, 6.07) is 14.3. The number of aryl methyl sites for hydroxylation is 1. The minimum atomic E-state index is -0.619. The zero-order valence-electron chi connectivity index (χ0n) is 11.8. The summed E-state index contributed by atoms with van der Waals surface area (Å²) in [6.45, 7) is 1.89. The molecule has 0 spiro atoms. The minimum absolute atomic E-state index is 0.203. The van der Waals surface area contributed by atoms with Crippen LogP contribution in [-0.4, -0.2) is 16.0 Å². The van der Waals surface area contributed by atoms with Gasteiger partial charge in [0.2, 0.25) is 0 Å². The molecule has 2 aromatic carbocycles. The van der Waals surface area contributed by atoms with E-state index in [1.54, 1.807) is 30.3 Å². The van der Waals surface area contributed by atoms with Gasteiger partial charge in [0.1, 0.15) is 0 Å². The third-order valence-electron chi connectivity index (χ3n) is 3.08. The van der Waals surface area contributed by atoms with Gasteiger partial charge >= 0.3 is 5.76 Å². The van der Waals surface area contributed by atoms with E-state index >= 15 is 0 Å². The Morgan fingerprint density at radius 3 is 2.64 bits per heavy atom. The molecule has 1 heterocycles. The molecular formula is C16H13N3O3. The number of rotatable bonds is 3. The number of H-pyrrole nitrogens is 1. The smallest absolute Gasteiger partial charge is 0.322 e. The van der Waals surface area contributed by atoms with Crippen molar-refractivity contribution in [3.05, 3.63) is 70.2 Å². The Hall–Kier alpha value is -3.15. The van der Waals surface area contributed by atoms with E-state index < -0.39 is 5.76 Å². The molecule has 0 saturated carbocycles. The summed E-state index contributed by atoms with van der Waals surface area (Å²) in [5.74, 6) is -0.499. The highest BCUT2D eigenvalue weighted by molar-refractivity contribution is 6.04. The van der Waals surface area contributed by atoms with Crippen LogP contribution < -0.4 is 11.1 Å². The van der Waals surface area contributed by atoms with Gasteiger partial charge in [-0.3, -0.25) is 14.3 Å². The van der Waals surface area contributed by atoms with E-state index in [0.717, 1.165) is 5.56 Å². The summed E-state index contributed by atoms with van der Waals surface area (Å²) in [5.41, 5.74) is 2.77. The lowest BCUT2D eigenvalue weighted by atomic mass is 10.1. The van der Waals surface area contributed by atoms with Gasteiger partial charge in [0, 0.05) is 16.8 Å². The highest BCUT2D eigenvalue weighted by Gasteiger charge is 2.09. The van der Waals surface area contributed by atoms with Crippen LogP contribution in [0.5, 0.6) is 0 Å². The average molecular weight is 295 g/mol. The average Bonchev–Trinajstić information content (AvgIpc) is 2.94. The summed E-state index contributed by atoms with van der Waals surface area (Å²) in [5, 5.41) is 6.48. The molecule has 2 N–H and O–H groups in total. The van der Waals surface area contributed by atoms with Crippen LogP contribution in [0.25, 0.3) is 11.4 Å². The Morgan fingerprint density at radius 2 is 1.95 bits per heavy atom. The number of carbonyl (C=O) groups excluding carboxylic acids is 1. The van der Waals surface area contributed by atoms with Crippen molar-refractivity contribution in [1.29, 1.82) is 0 Å². The molecule has 3 rings (SSSR count). The minimum Gasteiger partial charge on any atom is -0.322 e. The maximum atomic E-state index is 12.2. The number of nitrogens with one attached hydrogen (secondary N) is 2. The van der Waals surface area contributed by atoms with E-state index in [2.05, 4.69) is 20.0 Å². The Kier molecular flexibility index (Phi) is 3.57. The second-order valence-corrected chi connectivity index (χ2v) is 4.85. The number of aromatic amines is 1. The standard InChI is InChI=1S/C16H13N3O3/c1-10-7-12(14-18-16(21)22-19-14)9-13(8-10)17-15(20)11-5-3-2-4-6-11/h2-9H,1H3,(H,17,20)(H,18,19,21). The maximum Gasteiger partial charge on any atom is 0.439 e. The topological polar surface area (TPSA) is 88.0 Å². The van der Waals surface area contributed by atoms with Crippen LogP contribution in [0, 0.1) is 6.92 Å². The van der Waals surface area contributed by atoms with Gasteiger partial charge in [-0.25, -0.2) is 4.79 Å². The van der Waals surface area contributed by atoms with Gasteiger partial charge in [0.05, 0.1) is 0 Å². The molecule has 0 saturated heterocycles. The van der Waals surface area contributed by atoms with Gasteiger partial charge in [-0.05, 0) is 42.8 Å². The Bertz CT molecular complexity index is 866. The van der Waals surface area contributed by atoms with Crippen molar-refractivity contribution < 1.29 is 9.32 Å². The Balaban J connectivity index is 1.90.